The number of ether oxygens (including phenoxy) is 1. The lowest BCUT2D eigenvalue weighted by atomic mass is 10.0. The van der Waals surface area contributed by atoms with E-state index in [4.69, 9.17) is 10.5 Å². The molecule has 0 spiro atoms. The molecule has 0 aliphatic carbocycles. The molecule has 0 fully saturated rings. The Balaban J connectivity index is 2.87. The molecule has 3 heteroatoms. The number of benzene rings is 1. The lowest BCUT2D eigenvalue weighted by molar-refractivity contribution is 0.130. The Morgan fingerprint density at radius 3 is 2.56 bits per heavy atom. The fourth-order valence-electron chi connectivity index (χ4n) is 1.83. The van der Waals surface area contributed by atoms with Gasteiger partial charge in [-0.1, -0.05) is 19.8 Å². The highest BCUT2D eigenvalue weighted by atomic mass is 16.5. The van der Waals surface area contributed by atoms with Crippen molar-refractivity contribution in [1.82, 2.24) is 0 Å². The average molecular weight is 251 g/mol. The molecule has 102 valence electrons. The van der Waals surface area contributed by atoms with Crippen molar-refractivity contribution in [1.29, 1.82) is 0 Å². The van der Waals surface area contributed by atoms with Crippen molar-refractivity contribution in [3.05, 3.63) is 23.8 Å². The molecule has 1 atom stereocenters. The molecule has 1 aromatic carbocycles. The molecule has 0 amide bonds. The normalized spacial score (nSPS) is 13.4. The van der Waals surface area contributed by atoms with Crippen molar-refractivity contribution in [3.63, 3.8) is 0 Å². The molecule has 3 nitrogen and oxygen atoms in total. The van der Waals surface area contributed by atoms with E-state index in [1.165, 1.54) is 0 Å². The monoisotopic (exact) mass is 251 g/mol. The zero-order valence-electron chi connectivity index (χ0n) is 11.9. The van der Waals surface area contributed by atoms with E-state index < -0.39 is 0 Å². The summed E-state index contributed by atoms with van der Waals surface area (Å²) in [6.07, 6.45) is 3.04. The van der Waals surface area contributed by atoms with Crippen LogP contribution in [0.15, 0.2) is 18.2 Å². The van der Waals surface area contributed by atoms with Crippen molar-refractivity contribution < 1.29 is 9.84 Å². The van der Waals surface area contributed by atoms with Crippen molar-refractivity contribution in [3.8, 4) is 11.5 Å². The SMILES string of the molecule is CCCC[C@@H](N)c1cc(OC(C)(C)C)ccc1O. The topological polar surface area (TPSA) is 55.5 Å². The molecule has 0 aromatic heterocycles. The van der Waals surface area contributed by atoms with Gasteiger partial charge in [0.1, 0.15) is 17.1 Å². The summed E-state index contributed by atoms with van der Waals surface area (Å²) in [6, 6.07) is 5.15. The van der Waals surface area contributed by atoms with Crippen LogP contribution in [-0.4, -0.2) is 10.7 Å². The minimum atomic E-state index is -0.248. The standard InChI is InChI=1S/C15H25NO2/c1-5-6-7-13(16)12-10-11(8-9-14(12)17)18-15(2,3)4/h8-10,13,17H,5-7,16H2,1-4H3/t13-/m1/s1. The van der Waals surface area contributed by atoms with E-state index in [1.807, 2.05) is 26.8 Å². The highest BCUT2D eigenvalue weighted by Gasteiger charge is 2.15. The fourth-order valence-corrected chi connectivity index (χ4v) is 1.83. The maximum Gasteiger partial charge on any atom is 0.120 e. The number of aromatic hydroxyl groups is 1. The summed E-state index contributed by atoms with van der Waals surface area (Å²) >= 11 is 0. The number of hydrogen-bond acceptors (Lipinski definition) is 3. The number of nitrogens with two attached hydrogens (primary N) is 1. The van der Waals surface area contributed by atoms with Gasteiger partial charge in [-0.2, -0.15) is 0 Å². The van der Waals surface area contributed by atoms with Crippen LogP contribution in [0, 0.1) is 0 Å². The first kappa shape index (κ1) is 14.8. The molecule has 0 saturated heterocycles. The van der Waals surface area contributed by atoms with Gasteiger partial charge in [-0.3, -0.25) is 0 Å². The molecular weight excluding hydrogens is 226 g/mol. The number of phenols is 1. The third-order valence-electron chi connectivity index (χ3n) is 2.69. The van der Waals surface area contributed by atoms with Gasteiger partial charge in [0, 0.05) is 11.6 Å². The van der Waals surface area contributed by atoms with Gasteiger partial charge in [0.2, 0.25) is 0 Å². The molecule has 1 aromatic rings. The number of phenolic OH excluding ortho intramolecular Hbond substituents is 1. The lowest BCUT2D eigenvalue weighted by Crippen LogP contribution is -2.23. The Morgan fingerprint density at radius 1 is 1.33 bits per heavy atom. The van der Waals surface area contributed by atoms with Crippen molar-refractivity contribution in [2.75, 3.05) is 0 Å². The predicted octanol–water partition coefficient (Wildman–Crippen LogP) is 3.76. The summed E-state index contributed by atoms with van der Waals surface area (Å²) in [5.74, 6) is 1.00. The second-order valence-electron chi connectivity index (χ2n) is 5.68. The highest BCUT2D eigenvalue weighted by molar-refractivity contribution is 5.41. The molecule has 0 aliphatic rings. The molecule has 0 saturated carbocycles. The zero-order valence-corrected chi connectivity index (χ0v) is 11.9. The van der Waals surface area contributed by atoms with Crippen LogP contribution in [0.3, 0.4) is 0 Å². The van der Waals surface area contributed by atoms with Crippen molar-refractivity contribution in [2.45, 2.75) is 58.6 Å². The summed E-state index contributed by atoms with van der Waals surface area (Å²) in [4.78, 5) is 0. The van der Waals surface area contributed by atoms with E-state index in [9.17, 15) is 5.11 Å². The van der Waals surface area contributed by atoms with Crippen LogP contribution in [0.2, 0.25) is 0 Å². The molecule has 3 N–H and O–H groups in total. The molecule has 1 rings (SSSR count). The zero-order chi connectivity index (χ0) is 13.8. The lowest BCUT2D eigenvalue weighted by Gasteiger charge is -2.22. The second kappa shape index (κ2) is 6.10. The summed E-state index contributed by atoms with van der Waals surface area (Å²) < 4.78 is 5.79. The van der Waals surface area contributed by atoms with E-state index in [1.54, 1.807) is 12.1 Å². The maximum absolute atomic E-state index is 9.87. The Bertz CT molecular complexity index is 383. The summed E-state index contributed by atoms with van der Waals surface area (Å²) in [6.45, 7) is 8.12. The van der Waals surface area contributed by atoms with E-state index in [0.717, 1.165) is 30.6 Å². The third-order valence-corrected chi connectivity index (χ3v) is 2.69. The summed E-state index contributed by atoms with van der Waals surface area (Å²) in [5.41, 5.74) is 6.62. The molecular formula is C15H25NO2. The van der Waals surface area contributed by atoms with Crippen LogP contribution in [-0.2, 0) is 0 Å². The highest BCUT2D eigenvalue weighted by Crippen LogP contribution is 2.31. The van der Waals surface area contributed by atoms with Gasteiger partial charge in [0.05, 0.1) is 0 Å². The van der Waals surface area contributed by atoms with Crippen LogP contribution in [0.4, 0.5) is 0 Å². The van der Waals surface area contributed by atoms with Crippen molar-refractivity contribution >= 4 is 0 Å². The molecule has 0 bridgehead atoms. The van der Waals surface area contributed by atoms with Crippen LogP contribution in [0.5, 0.6) is 11.5 Å². The number of unbranched alkanes of at least 4 members (excludes halogenated alkanes) is 1. The van der Waals surface area contributed by atoms with Gasteiger partial charge in [-0.05, 0) is 45.4 Å². The van der Waals surface area contributed by atoms with Crippen LogP contribution in [0.25, 0.3) is 0 Å². The Hall–Kier alpha value is -1.22. The van der Waals surface area contributed by atoms with E-state index in [2.05, 4.69) is 6.92 Å². The molecule has 18 heavy (non-hydrogen) atoms. The Kier molecular flexibility index (Phi) is 5.03. The number of rotatable bonds is 5. The van der Waals surface area contributed by atoms with Gasteiger partial charge in [-0.15, -0.1) is 0 Å². The molecule has 0 heterocycles. The van der Waals surface area contributed by atoms with E-state index >= 15 is 0 Å². The Morgan fingerprint density at radius 2 is 2.00 bits per heavy atom. The first-order valence-corrected chi connectivity index (χ1v) is 6.61. The first-order chi connectivity index (χ1) is 8.33. The van der Waals surface area contributed by atoms with Crippen molar-refractivity contribution in [2.24, 2.45) is 5.73 Å². The van der Waals surface area contributed by atoms with Crippen LogP contribution < -0.4 is 10.5 Å². The molecule has 0 aliphatic heterocycles. The molecule has 0 radical (unpaired) electrons. The summed E-state index contributed by atoms with van der Waals surface area (Å²) in [5, 5.41) is 9.87. The molecule has 0 unspecified atom stereocenters. The van der Waals surface area contributed by atoms with Gasteiger partial charge < -0.3 is 15.6 Å². The number of hydrogen-bond donors (Lipinski definition) is 2. The van der Waals surface area contributed by atoms with E-state index in [-0.39, 0.29) is 17.4 Å². The van der Waals surface area contributed by atoms with Crippen LogP contribution >= 0.6 is 0 Å². The minimum Gasteiger partial charge on any atom is -0.508 e. The second-order valence-corrected chi connectivity index (χ2v) is 5.68. The third kappa shape index (κ3) is 4.57. The first-order valence-electron chi connectivity index (χ1n) is 6.61. The van der Waals surface area contributed by atoms with Gasteiger partial charge in [0.15, 0.2) is 0 Å². The maximum atomic E-state index is 9.87. The quantitative estimate of drug-likeness (QED) is 0.837. The average Bonchev–Trinajstić information content (AvgIpc) is 2.26. The summed E-state index contributed by atoms with van der Waals surface area (Å²) in [7, 11) is 0. The smallest absolute Gasteiger partial charge is 0.120 e. The minimum absolute atomic E-state index is 0.131. The van der Waals surface area contributed by atoms with Crippen LogP contribution in [0.1, 0.15) is 58.6 Å². The largest absolute Gasteiger partial charge is 0.508 e. The predicted molar refractivity (Wildman–Crippen MR) is 74.9 cm³/mol. The Labute approximate surface area is 110 Å². The van der Waals surface area contributed by atoms with Gasteiger partial charge in [-0.25, -0.2) is 0 Å². The van der Waals surface area contributed by atoms with Gasteiger partial charge in [0.25, 0.3) is 0 Å². The fraction of sp³-hybridized carbons (Fsp3) is 0.600. The van der Waals surface area contributed by atoms with Gasteiger partial charge >= 0.3 is 0 Å². The van der Waals surface area contributed by atoms with E-state index in [0.29, 0.717) is 0 Å².